The molecule has 0 spiro atoms. The van der Waals surface area contributed by atoms with Gasteiger partial charge in [0.15, 0.2) is 0 Å². The molecule has 1 N–H and O–H groups in total. The standard InChI is InChI=1S/C8H13FN2S/c1-6(10-2)3-7-5-11-8(4-9)12-7/h5-6,10H,3-4H2,1-2H3. The zero-order chi connectivity index (χ0) is 8.97. The molecule has 1 aromatic rings. The van der Waals surface area contributed by atoms with Gasteiger partial charge < -0.3 is 5.32 Å². The van der Waals surface area contributed by atoms with E-state index in [0.29, 0.717) is 11.0 Å². The first kappa shape index (κ1) is 9.61. The van der Waals surface area contributed by atoms with E-state index >= 15 is 0 Å². The average molecular weight is 188 g/mol. The van der Waals surface area contributed by atoms with Crippen LogP contribution in [0.15, 0.2) is 6.20 Å². The van der Waals surface area contributed by atoms with Gasteiger partial charge in [-0.25, -0.2) is 9.37 Å². The second kappa shape index (κ2) is 4.52. The topological polar surface area (TPSA) is 24.9 Å². The highest BCUT2D eigenvalue weighted by atomic mass is 32.1. The van der Waals surface area contributed by atoms with E-state index in [1.165, 1.54) is 11.3 Å². The second-order valence-electron chi connectivity index (χ2n) is 2.75. The molecule has 0 bridgehead atoms. The van der Waals surface area contributed by atoms with Crippen molar-refractivity contribution in [2.24, 2.45) is 0 Å². The Labute approximate surface area is 75.8 Å². The Hall–Kier alpha value is -0.480. The van der Waals surface area contributed by atoms with E-state index in [0.717, 1.165) is 11.3 Å². The molecule has 1 atom stereocenters. The van der Waals surface area contributed by atoms with Crippen molar-refractivity contribution in [3.63, 3.8) is 0 Å². The number of hydrogen-bond donors (Lipinski definition) is 1. The lowest BCUT2D eigenvalue weighted by atomic mass is 10.2. The fourth-order valence-corrected chi connectivity index (χ4v) is 1.81. The molecule has 1 heterocycles. The van der Waals surface area contributed by atoms with E-state index in [2.05, 4.69) is 17.2 Å². The smallest absolute Gasteiger partial charge is 0.141 e. The quantitative estimate of drug-likeness (QED) is 0.779. The first-order valence-electron chi connectivity index (χ1n) is 3.93. The van der Waals surface area contributed by atoms with E-state index < -0.39 is 6.67 Å². The third-order valence-electron chi connectivity index (χ3n) is 1.72. The maximum absolute atomic E-state index is 12.1. The monoisotopic (exact) mass is 188 g/mol. The van der Waals surface area contributed by atoms with Crippen LogP contribution in [0.4, 0.5) is 4.39 Å². The Morgan fingerprint density at radius 2 is 2.50 bits per heavy atom. The highest BCUT2D eigenvalue weighted by molar-refractivity contribution is 7.11. The summed E-state index contributed by atoms with van der Waals surface area (Å²) in [6.45, 7) is 1.65. The van der Waals surface area contributed by atoms with E-state index in [-0.39, 0.29) is 0 Å². The normalized spacial score (nSPS) is 13.2. The Bertz CT molecular complexity index is 237. The number of aromatic nitrogens is 1. The molecule has 1 unspecified atom stereocenters. The lowest BCUT2D eigenvalue weighted by Crippen LogP contribution is -2.22. The lowest BCUT2D eigenvalue weighted by Gasteiger charge is -2.06. The highest BCUT2D eigenvalue weighted by Crippen LogP contribution is 2.15. The molecule has 0 fully saturated rings. The number of hydrogen-bond acceptors (Lipinski definition) is 3. The van der Waals surface area contributed by atoms with Gasteiger partial charge in [-0.15, -0.1) is 11.3 Å². The predicted molar refractivity (Wildman–Crippen MR) is 49.2 cm³/mol. The summed E-state index contributed by atoms with van der Waals surface area (Å²) in [6, 6.07) is 0.429. The van der Waals surface area contributed by atoms with Crippen LogP contribution in [-0.2, 0) is 13.1 Å². The molecule has 1 rings (SSSR count). The minimum absolute atomic E-state index is 0.429. The van der Waals surface area contributed by atoms with Crippen LogP contribution < -0.4 is 5.32 Å². The predicted octanol–water partition coefficient (Wildman–Crippen LogP) is 1.76. The summed E-state index contributed by atoms with van der Waals surface area (Å²) in [5.74, 6) is 0. The van der Waals surface area contributed by atoms with Gasteiger partial charge in [0.1, 0.15) is 11.7 Å². The van der Waals surface area contributed by atoms with Crippen molar-refractivity contribution in [1.29, 1.82) is 0 Å². The van der Waals surface area contributed by atoms with Gasteiger partial charge in [-0.05, 0) is 20.4 Å². The van der Waals surface area contributed by atoms with Gasteiger partial charge in [-0.2, -0.15) is 0 Å². The minimum Gasteiger partial charge on any atom is -0.317 e. The van der Waals surface area contributed by atoms with Gasteiger partial charge in [0.25, 0.3) is 0 Å². The van der Waals surface area contributed by atoms with Gasteiger partial charge in [0.2, 0.25) is 0 Å². The molecule has 0 saturated carbocycles. The van der Waals surface area contributed by atoms with Crippen molar-refractivity contribution in [2.45, 2.75) is 26.1 Å². The molecule has 0 aliphatic rings. The van der Waals surface area contributed by atoms with Crippen LogP contribution in [0.5, 0.6) is 0 Å². The Morgan fingerprint density at radius 1 is 1.75 bits per heavy atom. The first-order chi connectivity index (χ1) is 5.76. The minimum atomic E-state index is -0.446. The summed E-state index contributed by atoms with van der Waals surface area (Å²) in [4.78, 5) is 5.08. The number of thiazole rings is 1. The SMILES string of the molecule is CNC(C)Cc1cnc(CF)s1. The second-order valence-corrected chi connectivity index (χ2v) is 3.95. The van der Waals surface area contributed by atoms with Crippen LogP contribution in [-0.4, -0.2) is 18.1 Å². The molecule has 0 amide bonds. The third kappa shape index (κ3) is 2.53. The van der Waals surface area contributed by atoms with Crippen molar-refractivity contribution in [2.75, 3.05) is 7.05 Å². The molecule has 12 heavy (non-hydrogen) atoms. The fourth-order valence-electron chi connectivity index (χ4n) is 0.908. The first-order valence-corrected chi connectivity index (χ1v) is 4.74. The highest BCUT2D eigenvalue weighted by Gasteiger charge is 2.04. The van der Waals surface area contributed by atoms with Gasteiger partial charge in [-0.3, -0.25) is 0 Å². The maximum Gasteiger partial charge on any atom is 0.141 e. The van der Waals surface area contributed by atoms with E-state index in [1.54, 1.807) is 6.20 Å². The van der Waals surface area contributed by atoms with Crippen LogP contribution in [0, 0.1) is 0 Å². The third-order valence-corrected chi connectivity index (χ3v) is 2.70. The zero-order valence-electron chi connectivity index (χ0n) is 7.30. The van der Waals surface area contributed by atoms with Crippen LogP contribution in [0.1, 0.15) is 16.8 Å². The van der Waals surface area contributed by atoms with Gasteiger partial charge >= 0.3 is 0 Å². The number of likely N-dealkylation sites (N-methyl/N-ethyl adjacent to an activating group) is 1. The molecule has 1 aromatic heterocycles. The van der Waals surface area contributed by atoms with Crippen molar-refractivity contribution in [3.8, 4) is 0 Å². The fraction of sp³-hybridized carbons (Fsp3) is 0.625. The lowest BCUT2D eigenvalue weighted by molar-refractivity contribution is 0.483. The number of halogens is 1. The molecule has 0 aliphatic carbocycles. The molecule has 0 aromatic carbocycles. The summed E-state index contributed by atoms with van der Waals surface area (Å²) in [5.41, 5.74) is 0. The van der Waals surface area contributed by atoms with E-state index in [9.17, 15) is 4.39 Å². The summed E-state index contributed by atoms with van der Waals surface area (Å²) in [7, 11) is 1.92. The number of rotatable bonds is 4. The molecule has 2 nitrogen and oxygen atoms in total. The van der Waals surface area contributed by atoms with Crippen molar-refractivity contribution < 1.29 is 4.39 Å². The number of alkyl halides is 1. The average Bonchev–Trinajstić information content (AvgIpc) is 2.52. The van der Waals surface area contributed by atoms with Crippen LogP contribution in [0.25, 0.3) is 0 Å². The van der Waals surface area contributed by atoms with E-state index in [1.807, 2.05) is 7.05 Å². The molecule has 0 aliphatic heterocycles. The number of nitrogens with one attached hydrogen (secondary N) is 1. The van der Waals surface area contributed by atoms with E-state index in [4.69, 9.17) is 0 Å². The largest absolute Gasteiger partial charge is 0.317 e. The summed E-state index contributed by atoms with van der Waals surface area (Å²) in [6.07, 6.45) is 2.68. The van der Waals surface area contributed by atoms with Crippen molar-refractivity contribution in [3.05, 3.63) is 16.1 Å². The van der Waals surface area contributed by atoms with Gasteiger partial charge in [-0.1, -0.05) is 0 Å². The molecular weight excluding hydrogens is 175 g/mol. The molecular formula is C8H13FN2S. The summed E-state index contributed by atoms with van der Waals surface area (Å²) >= 11 is 1.45. The maximum atomic E-state index is 12.1. The Kier molecular flexibility index (Phi) is 3.62. The van der Waals surface area contributed by atoms with Gasteiger partial charge in [0.05, 0.1) is 0 Å². The molecule has 4 heteroatoms. The van der Waals surface area contributed by atoms with Crippen molar-refractivity contribution >= 4 is 11.3 Å². The molecule has 0 saturated heterocycles. The molecule has 68 valence electrons. The summed E-state index contributed by atoms with van der Waals surface area (Å²) < 4.78 is 12.1. The zero-order valence-corrected chi connectivity index (χ0v) is 8.12. The number of nitrogens with zero attached hydrogens (tertiary/aromatic N) is 1. The Morgan fingerprint density at radius 3 is 3.00 bits per heavy atom. The van der Waals surface area contributed by atoms with Crippen LogP contribution >= 0.6 is 11.3 Å². The van der Waals surface area contributed by atoms with Crippen molar-refractivity contribution in [1.82, 2.24) is 10.3 Å². The van der Waals surface area contributed by atoms with Crippen LogP contribution in [0.2, 0.25) is 0 Å². The summed E-state index contributed by atoms with van der Waals surface area (Å²) in [5, 5.41) is 3.70. The Balaban J connectivity index is 2.52. The van der Waals surface area contributed by atoms with Crippen LogP contribution in [0.3, 0.4) is 0 Å². The molecule has 0 radical (unpaired) electrons. The van der Waals surface area contributed by atoms with Gasteiger partial charge in [0, 0.05) is 17.1 Å².